The van der Waals surface area contributed by atoms with Gasteiger partial charge in [0.25, 0.3) is 0 Å². The number of halogens is 1. The summed E-state index contributed by atoms with van der Waals surface area (Å²) in [5.74, 6) is 0.290. The first-order chi connectivity index (χ1) is 7.04. The predicted octanol–water partition coefficient (Wildman–Crippen LogP) is 2.68. The zero-order chi connectivity index (χ0) is 11.4. The van der Waals surface area contributed by atoms with Crippen LogP contribution >= 0.6 is 0 Å². The molecule has 0 bridgehead atoms. The number of methoxy groups -OCH3 is 1. The van der Waals surface area contributed by atoms with Crippen molar-refractivity contribution in [1.29, 1.82) is 0 Å². The Kier molecular flexibility index (Phi) is 4.09. The van der Waals surface area contributed by atoms with Crippen molar-refractivity contribution >= 4 is 0 Å². The lowest BCUT2D eigenvalue weighted by Crippen LogP contribution is -2.17. The van der Waals surface area contributed by atoms with Gasteiger partial charge in [-0.25, -0.2) is 4.39 Å². The maximum atomic E-state index is 13.1. The summed E-state index contributed by atoms with van der Waals surface area (Å²) in [6.07, 6.45) is 0.884. The van der Waals surface area contributed by atoms with Gasteiger partial charge in [0.05, 0.1) is 7.11 Å². The molecule has 0 spiro atoms. The number of hydrogen-bond donors (Lipinski definition) is 1. The van der Waals surface area contributed by atoms with Crippen molar-refractivity contribution in [2.75, 3.05) is 7.11 Å². The Labute approximate surface area is 90.2 Å². The molecule has 0 saturated heterocycles. The van der Waals surface area contributed by atoms with Crippen LogP contribution in [-0.4, -0.2) is 13.2 Å². The molecule has 2 N–H and O–H groups in total. The minimum atomic E-state index is -0.325. The zero-order valence-electron chi connectivity index (χ0n) is 9.46. The van der Waals surface area contributed by atoms with Gasteiger partial charge in [-0.05, 0) is 37.0 Å². The number of benzene rings is 1. The molecule has 1 aromatic carbocycles. The van der Waals surface area contributed by atoms with Crippen LogP contribution in [0, 0.1) is 5.82 Å². The topological polar surface area (TPSA) is 35.2 Å². The minimum Gasteiger partial charge on any atom is -0.494 e. The van der Waals surface area contributed by atoms with Crippen molar-refractivity contribution in [3.05, 3.63) is 29.6 Å². The summed E-state index contributed by atoms with van der Waals surface area (Å²) < 4.78 is 18.1. The summed E-state index contributed by atoms with van der Waals surface area (Å²) in [5.41, 5.74) is 6.79. The van der Waals surface area contributed by atoms with Crippen LogP contribution in [0.3, 0.4) is 0 Å². The molecule has 0 saturated carbocycles. The fourth-order valence-corrected chi connectivity index (χ4v) is 1.68. The molecule has 15 heavy (non-hydrogen) atoms. The number of hydrogen-bond acceptors (Lipinski definition) is 2. The predicted molar refractivity (Wildman–Crippen MR) is 59.6 cm³/mol. The molecule has 2 atom stereocenters. The lowest BCUT2D eigenvalue weighted by atomic mass is 9.94. The van der Waals surface area contributed by atoms with E-state index < -0.39 is 0 Å². The highest BCUT2D eigenvalue weighted by Crippen LogP contribution is 2.26. The van der Waals surface area contributed by atoms with Gasteiger partial charge in [0.2, 0.25) is 0 Å². The maximum Gasteiger partial charge on any atom is 0.165 e. The average Bonchev–Trinajstić information content (AvgIpc) is 2.17. The van der Waals surface area contributed by atoms with Crippen LogP contribution in [0.25, 0.3) is 0 Å². The molecule has 2 unspecified atom stereocenters. The standard InChI is InChI=1S/C12H18FNO/c1-8(6-9(2)14)10-4-5-11(13)12(7-10)15-3/h4-5,7-9H,6,14H2,1-3H3. The number of rotatable bonds is 4. The van der Waals surface area contributed by atoms with Gasteiger partial charge in [-0.15, -0.1) is 0 Å². The van der Waals surface area contributed by atoms with E-state index in [-0.39, 0.29) is 11.9 Å². The van der Waals surface area contributed by atoms with Crippen LogP contribution in [0.1, 0.15) is 31.7 Å². The largest absolute Gasteiger partial charge is 0.494 e. The molecule has 0 amide bonds. The Hall–Kier alpha value is -1.09. The van der Waals surface area contributed by atoms with Crippen LogP contribution in [0.15, 0.2) is 18.2 Å². The van der Waals surface area contributed by atoms with Crippen LogP contribution in [0.5, 0.6) is 5.75 Å². The molecule has 3 heteroatoms. The molecular weight excluding hydrogens is 193 g/mol. The Morgan fingerprint density at radius 3 is 2.60 bits per heavy atom. The van der Waals surface area contributed by atoms with E-state index in [0.29, 0.717) is 11.7 Å². The monoisotopic (exact) mass is 211 g/mol. The van der Waals surface area contributed by atoms with E-state index in [1.165, 1.54) is 13.2 Å². The first-order valence-corrected chi connectivity index (χ1v) is 5.13. The van der Waals surface area contributed by atoms with Crippen molar-refractivity contribution in [1.82, 2.24) is 0 Å². The van der Waals surface area contributed by atoms with E-state index in [9.17, 15) is 4.39 Å². The molecule has 0 fully saturated rings. The first-order valence-electron chi connectivity index (χ1n) is 5.13. The Bertz CT molecular complexity index is 325. The average molecular weight is 211 g/mol. The first kappa shape index (κ1) is 12.0. The van der Waals surface area contributed by atoms with Crippen molar-refractivity contribution < 1.29 is 9.13 Å². The van der Waals surface area contributed by atoms with Crippen molar-refractivity contribution in [2.45, 2.75) is 32.2 Å². The van der Waals surface area contributed by atoms with Crippen molar-refractivity contribution in [3.63, 3.8) is 0 Å². The van der Waals surface area contributed by atoms with Crippen LogP contribution in [0.2, 0.25) is 0 Å². The Morgan fingerprint density at radius 2 is 2.07 bits per heavy atom. The molecule has 0 radical (unpaired) electrons. The molecule has 0 aromatic heterocycles. The van der Waals surface area contributed by atoms with Gasteiger partial charge in [-0.2, -0.15) is 0 Å². The minimum absolute atomic E-state index is 0.149. The van der Waals surface area contributed by atoms with E-state index in [1.54, 1.807) is 12.1 Å². The smallest absolute Gasteiger partial charge is 0.165 e. The van der Waals surface area contributed by atoms with Crippen LogP contribution < -0.4 is 10.5 Å². The lowest BCUT2D eigenvalue weighted by molar-refractivity contribution is 0.385. The third-order valence-corrected chi connectivity index (χ3v) is 2.47. The highest BCUT2D eigenvalue weighted by Gasteiger charge is 2.11. The molecule has 2 nitrogen and oxygen atoms in total. The van der Waals surface area contributed by atoms with E-state index >= 15 is 0 Å². The second kappa shape index (κ2) is 5.12. The molecular formula is C12H18FNO. The van der Waals surface area contributed by atoms with E-state index in [1.807, 2.05) is 6.92 Å². The summed E-state index contributed by atoms with van der Waals surface area (Å²) >= 11 is 0. The summed E-state index contributed by atoms with van der Waals surface area (Å²) in [6, 6.07) is 5.11. The van der Waals surface area contributed by atoms with Gasteiger partial charge < -0.3 is 10.5 Å². The number of nitrogens with two attached hydrogens (primary N) is 1. The quantitative estimate of drug-likeness (QED) is 0.831. The summed E-state index contributed by atoms with van der Waals surface area (Å²) in [4.78, 5) is 0. The van der Waals surface area contributed by atoms with Gasteiger partial charge >= 0.3 is 0 Å². The van der Waals surface area contributed by atoms with Crippen LogP contribution in [0.4, 0.5) is 4.39 Å². The van der Waals surface area contributed by atoms with Crippen molar-refractivity contribution in [3.8, 4) is 5.75 Å². The number of ether oxygens (including phenoxy) is 1. The molecule has 0 aliphatic rings. The van der Waals surface area contributed by atoms with E-state index in [0.717, 1.165) is 12.0 Å². The lowest BCUT2D eigenvalue weighted by Gasteiger charge is -2.15. The van der Waals surface area contributed by atoms with Gasteiger partial charge in [0.15, 0.2) is 11.6 Å². The fourth-order valence-electron chi connectivity index (χ4n) is 1.68. The van der Waals surface area contributed by atoms with Crippen molar-refractivity contribution in [2.24, 2.45) is 5.73 Å². The Morgan fingerprint density at radius 1 is 1.40 bits per heavy atom. The van der Waals surface area contributed by atoms with E-state index in [2.05, 4.69) is 6.92 Å². The maximum absolute atomic E-state index is 13.1. The third kappa shape index (κ3) is 3.20. The fraction of sp³-hybridized carbons (Fsp3) is 0.500. The Balaban J connectivity index is 2.85. The highest BCUT2D eigenvalue weighted by molar-refractivity contribution is 5.32. The van der Waals surface area contributed by atoms with Gasteiger partial charge in [0.1, 0.15) is 0 Å². The van der Waals surface area contributed by atoms with Gasteiger partial charge in [-0.3, -0.25) is 0 Å². The SMILES string of the molecule is COc1cc(C(C)CC(C)N)ccc1F. The normalized spacial score (nSPS) is 14.7. The molecule has 1 rings (SSSR count). The molecule has 0 aliphatic heterocycles. The zero-order valence-corrected chi connectivity index (χ0v) is 9.46. The molecule has 84 valence electrons. The molecule has 0 aliphatic carbocycles. The third-order valence-electron chi connectivity index (χ3n) is 2.47. The van der Waals surface area contributed by atoms with Gasteiger partial charge in [-0.1, -0.05) is 13.0 Å². The summed E-state index contributed by atoms with van der Waals surface area (Å²) in [5, 5.41) is 0. The second-order valence-corrected chi connectivity index (χ2v) is 4.01. The molecule has 0 heterocycles. The van der Waals surface area contributed by atoms with Gasteiger partial charge in [0, 0.05) is 6.04 Å². The van der Waals surface area contributed by atoms with Crippen LogP contribution in [-0.2, 0) is 0 Å². The second-order valence-electron chi connectivity index (χ2n) is 4.01. The summed E-state index contributed by atoms with van der Waals surface area (Å²) in [7, 11) is 1.47. The molecule has 1 aromatic rings. The summed E-state index contributed by atoms with van der Waals surface area (Å²) in [6.45, 7) is 4.05. The highest BCUT2D eigenvalue weighted by atomic mass is 19.1. The van der Waals surface area contributed by atoms with E-state index in [4.69, 9.17) is 10.5 Å².